The summed E-state index contributed by atoms with van der Waals surface area (Å²) in [5.74, 6) is 2.26. The van der Waals surface area contributed by atoms with Crippen LogP contribution in [0.4, 0.5) is 10.5 Å². The smallest absolute Gasteiger partial charge is 0.408 e. The minimum absolute atomic E-state index is 0.0255. The zero-order valence-corrected chi connectivity index (χ0v) is 24.4. The monoisotopic (exact) mass is 567 g/mol. The van der Waals surface area contributed by atoms with Crippen molar-refractivity contribution in [2.45, 2.75) is 44.9 Å². The summed E-state index contributed by atoms with van der Waals surface area (Å²) >= 11 is 0. The Hall–Kier alpha value is -5.03. The van der Waals surface area contributed by atoms with Gasteiger partial charge in [-0.15, -0.1) is 13.0 Å². The number of hydrogen-bond acceptors (Lipinski definition) is 5. The van der Waals surface area contributed by atoms with Crippen molar-refractivity contribution in [3.8, 4) is 18.1 Å². The van der Waals surface area contributed by atoms with E-state index in [0.717, 1.165) is 5.56 Å². The average molecular weight is 568 g/mol. The van der Waals surface area contributed by atoms with Crippen molar-refractivity contribution in [2.24, 2.45) is 0 Å². The zero-order chi connectivity index (χ0) is 30.7. The number of nitrogens with one attached hydrogen (secondary N) is 2. The number of ether oxygens (including phenoxy) is 2. The van der Waals surface area contributed by atoms with Crippen molar-refractivity contribution >= 4 is 23.6 Å². The number of methoxy groups -OCH3 is 1. The SMILES string of the molecule is C#Cc1ccc(C(C(=O)Nc2ccc(OC)cc2)N(CC=C)C(=O)C(Cc2ccccc2)NC(=O)OC(C)(C)C)cc1. The van der Waals surface area contributed by atoms with Crippen LogP contribution in [-0.2, 0) is 20.7 Å². The minimum Gasteiger partial charge on any atom is -0.497 e. The van der Waals surface area contributed by atoms with Gasteiger partial charge in [0.15, 0.2) is 0 Å². The Bertz CT molecular complexity index is 1400. The van der Waals surface area contributed by atoms with Gasteiger partial charge in [0.25, 0.3) is 5.91 Å². The molecule has 2 N–H and O–H groups in total. The molecule has 2 atom stereocenters. The second kappa shape index (κ2) is 14.6. The van der Waals surface area contributed by atoms with Crippen LogP contribution in [0.2, 0.25) is 0 Å². The summed E-state index contributed by atoms with van der Waals surface area (Å²) < 4.78 is 10.7. The molecular formula is C34H37N3O5. The van der Waals surface area contributed by atoms with E-state index < -0.39 is 35.6 Å². The first-order valence-corrected chi connectivity index (χ1v) is 13.5. The van der Waals surface area contributed by atoms with Crippen molar-refractivity contribution in [3.63, 3.8) is 0 Å². The minimum atomic E-state index is -1.08. The Kier molecular flexibility index (Phi) is 10.9. The van der Waals surface area contributed by atoms with Crippen LogP contribution < -0.4 is 15.4 Å². The maximum absolute atomic E-state index is 14.3. The molecule has 0 bridgehead atoms. The van der Waals surface area contributed by atoms with E-state index in [9.17, 15) is 14.4 Å². The fourth-order valence-corrected chi connectivity index (χ4v) is 4.28. The highest BCUT2D eigenvalue weighted by atomic mass is 16.6. The fourth-order valence-electron chi connectivity index (χ4n) is 4.28. The third kappa shape index (κ3) is 9.00. The molecule has 0 aliphatic carbocycles. The van der Waals surface area contributed by atoms with Crippen LogP contribution >= 0.6 is 0 Å². The molecule has 3 amide bonds. The molecule has 218 valence electrons. The van der Waals surface area contributed by atoms with Gasteiger partial charge in [-0.25, -0.2) is 4.79 Å². The topological polar surface area (TPSA) is 97.0 Å². The van der Waals surface area contributed by atoms with Crippen molar-refractivity contribution < 1.29 is 23.9 Å². The number of carbonyl (C=O) groups is 3. The second-order valence-corrected chi connectivity index (χ2v) is 10.6. The summed E-state index contributed by atoms with van der Waals surface area (Å²) in [7, 11) is 1.55. The van der Waals surface area contributed by atoms with Gasteiger partial charge in [-0.05, 0) is 68.3 Å². The van der Waals surface area contributed by atoms with Gasteiger partial charge in [0.2, 0.25) is 5.91 Å². The Morgan fingerprint density at radius 1 is 1.00 bits per heavy atom. The molecule has 0 aromatic heterocycles. The quantitative estimate of drug-likeness (QED) is 0.235. The van der Waals surface area contributed by atoms with Crippen LogP contribution in [0.3, 0.4) is 0 Å². The van der Waals surface area contributed by atoms with Crippen LogP contribution in [-0.4, -0.2) is 48.1 Å². The number of amides is 3. The van der Waals surface area contributed by atoms with E-state index in [4.69, 9.17) is 15.9 Å². The van der Waals surface area contributed by atoms with Gasteiger partial charge in [-0.1, -0.05) is 54.5 Å². The lowest BCUT2D eigenvalue weighted by molar-refractivity contribution is -0.140. The third-order valence-electron chi connectivity index (χ3n) is 6.19. The van der Waals surface area contributed by atoms with Crippen molar-refractivity contribution in [1.29, 1.82) is 0 Å². The summed E-state index contributed by atoms with van der Waals surface area (Å²) in [5, 5.41) is 5.63. The van der Waals surface area contributed by atoms with Gasteiger partial charge in [-0.3, -0.25) is 9.59 Å². The Morgan fingerprint density at radius 2 is 1.64 bits per heavy atom. The van der Waals surface area contributed by atoms with Gasteiger partial charge in [0.1, 0.15) is 23.4 Å². The molecule has 3 aromatic rings. The number of hydrogen-bond donors (Lipinski definition) is 2. The second-order valence-electron chi connectivity index (χ2n) is 10.6. The highest BCUT2D eigenvalue weighted by Gasteiger charge is 2.36. The van der Waals surface area contributed by atoms with E-state index in [1.807, 2.05) is 30.3 Å². The molecule has 2 unspecified atom stereocenters. The molecule has 0 saturated heterocycles. The standard InChI is InChI=1S/C34H37N3O5/c1-7-22-37(32(39)29(23-25-12-10-9-11-13-25)36-33(40)42-34(3,4)5)30(26-16-14-24(8-2)15-17-26)31(38)35-27-18-20-28(41-6)21-19-27/h2,7,9-21,29-30H,1,22-23H2,3-6H3,(H,35,38)(H,36,40). The van der Waals surface area contributed by atoms with Crippen LogP contribution in [0.15, 0.2) is 91.5 Å². The lowest BCUT2D eigenvalue weighted by atomic mass is 9.99. The number of anilines is 1. The number of carbonyl (C=O) groups excluding carboxylic acids is 3. The molecule has 0 aliphatic rings. The Balaban J connectivity index is 2.03. The highest BCUT2D eigenvalue weighted by Crippen LogP contribution is 2.26. The lowest BCUT2D eigenvalue weighted by Gasteiger charge is -2.34. The van der Waals surface area contributed by atoms with Gasteiger partial charge < -0.3 is 25.0 Å². The average Bonchev–Trinajstić information content (AvgIpc) is 2.96. The van der Waals surface area contributed by atoms with Gasteiger partial charge in [-0.2, -0.15) is 0 Å². The highest BCUT2D eigenvalue weighted by molar-refractivity contribution is 5.99. The molecular weight excluding hydrogens is 530 g/mol. The number of nitrogens with zero attached hydrogens (tertiary/aromatic N) is 1. The largest absolute Gasteiger partial charge is 0.497 e. The molecule has 3 rings (SSSR count). The third-order valence-corrected chi connectivity index (χ3v) is 6.19. The van der Waals surface area contributed by atoms with Crippen molar-refractivity contribution in [1.82, 2.24) is 10.2 Å². The Morgan fingerprint density at radius 3 is 2.19 bits per heavy atom. The molecule has 0 radical (unpaired) electrons. The summed E-state index contributed by atoms with van der Waals surface area (Å²) in [5.41, 5.74) is 1.73. The molecule has 3 aromatic carbocycles. The lowest BCUT2D eigenvalue weighted by Crippen LogP contribution is -2.53. The molecule has 8 heteroatoms. The molecule has 0 saturated carbocycles. The molecule has 0 aliphatic heterocycles. The first-order valence-electron chi connectivity index (χ1n) is 13.5. The van der Waals surface area contributed by atoms with E-state index >= 15 is 0 Å². The normalized spacial score (nSPS) is 12.2. The molecule has 0 fully saturated rings. The number of rotatable bonds is 11. The molecule has 42 heavy (non-hydrogen) atoms. The molecule has 8 nitrogen and oxygen atoms in total. The first kappa shape index (κ1) is 31.5. The molecule has 0 spiro atoms. The first-order chi connectivity index (χ1) is 20.0. The van der Waals surface area contributed by atoms with E-state index in [-0.39, 0.29) is 13.0 Å². The van der Waals surface area contributed by atoms with E-state index in [0.29, 0.717) is 22.6 Å². The maximum atomic E-state index is 14.3. The van der Waals surface area contributed by atoms with Crippen molar-refractivity contribution in [3.05, 3.63) is 108 Å². The number of terminal acetylenes is 1. The summed E-state index contributed by atoms with van der Waals surface area (Å²) in [6.07, 6.45) is 6.52. The van der Waals surface area contributed by atoms with Crippen LogP contribution in [0.1, 0.15) is 43.5 Å². The van der Waals surface area contributed by atoms with Gasteiger partial charge in [0.05, 0.1) is 7.11 Å². The predicted octanol–water partition coefficient (Wildman–Crippen LogP) is 5.51. The zero-order valence-electron chi connectivity index (χ0n) is 24.4. The van der Waals surface area contributed by atoms with Crippen LogP contribution in [0, 0.1) is 12.3 Å². The number of alkyl carbamates (subject to hydrolysis) is 1. The van der Waals surface area contributed by atoms with Crippen molar-refractivity contribution in [2.75, 3.05) is 19.0 Å². The fraction of sp³-hybridized carbons (Fsp3) is 0.265. The van der Waals surface area contributed by atoms with Gasteiger partial charge in [0, 0.05) is 24.2 Å². The Labute approximate surface area is 247 Å². The number of benzene rings is 3. The predicted molar refractivity (Wildman–Crippen MR) is 164 cm³/mol. The summed E-state index contributed by atoms with van der Waals surface area (Å²) in [6, 6.07) is 20.9. The summed E-state index contributed by atoms with van der Waals surface area (Å²) in [6.45, 7) is 9.07. The van der Waals surface area contributed by atoms with Gasteiger partial charge >= 0.3 is 6.09 Å². The van der Waals surface area contributed by atoms with E-state index in [2.05, 4.69) is 23.1 Å². The molecule has 0 heterocycles. The maximum Gasteiger partial charge on any atom is 0.408 e. The van der Waals surface area contributed by atoms with E-state index in [1.165, 1.54) is 11.0 Å². The van der Waals surface area contributed by atoms with Crippen LogP contribution in [0.5, 0.6) is 5.75 Å². The summed E-state index contributed by atoms with van der Waals surface area (Å²) in [4.78, 5) is 42.4. The van der Waals surface area contributed by atoms with E-state index in [1.54, 1.807) is 76.4 Å². The van der Waals surface area contributed by atoms with Crippen LogP contribution in [0.25, 0.3) is 0 Å².